The molecule has 8 nitrogen and oxygen atoms in total. The van der Waals surface area contributed by atoms with Gasteiger partial charge in [0, 0.05) is 17.3 Å². The Morgan fingerprint density at radius 2 is 1.84 bits per heavy atom. The van der Waals surface area contributed by atoms with Crippen molar-refractivity contribution in [2.45, 2.75) is 23.5 Å². The van der Waals surface area contributed by atoms with Crippen LogP contribution in [0.5, 0.6) is 5.75 Å². The fraction of sp³-hybridized carbons (Fsp3) is 0.148. The van der Waals surface area contributed by atoms with Crippen LogP contribution in [0.2, 0.25) is 0 Å². The molecule has 0 saturated carbocycles. The molecule has 10 heteroatoms. The van der Waals surface area contributed by atoms with Crippen LogP contribution in [-0.2, 0) is 21.4 Å². The lowest BCUT2D eigenvalue weighted by molar-refractivity contribution is -0.113. The fourth-order valence-corrected chi connectivity index (χ4v) is 6.25. The predicted molar refractivity (Wildman–Crippen MR) is 144 cm³/mol. The monoisotopic (exact) mass is 532 g/mol. The number of rotatable bonds is 7. The van der Waals surface area contributed by atoms with Crippen molar-refractivity contribution < 1.29 is 17.9 Å². The lowest BCUT2D eigenvalue weighted by Gasteiger charge is -2.31. The number of aromatic nitrogens is 2. The van der Waals surface area contributed by atoms with Crippen LogP contribution in [-0.4, -0.2) is 37.2 Å². The van der Waals surface area contributed by atoms with E-state index in [1.165, 1.54) is 10.5 Å². The summed E-state index contributed by atoms with van der Waals surface area (Å²) in [5, 5.41) is 3.13. The maximum atomic E-state index is 13.7. The molecule has 0 unspecified atom stereocenters. The van der Waals surface area contributed by atoms with Gasteiger partial charge in [0.05, 0.1) is 37.0 Å². The summed E-state index contributed by atoms with van der Waals surface area (Å²) in [6.07, 6.45) is 1.33. The van der Waals surface area contributed by atoms with Crippen LogP contribution in [0.1, 0.15) is 11.1 Å². The number of anilines is 2. The quantitative estimate of drug-likeness (QED) is 0.267. The third-order valence-corrected chi connectivity index (χ3v) is 8.61. The molecule has 0 aliphatic carbocycles. The zero-order chi connectivity index (χ0) is 26.0. The van der Waals surface area contributed by atoms with Crippen LogP contribution in [0.15, 0.2) is 89.0 Å². The lowest BCUT2D eigenvalue weighted by Crippen LogP contribution is -2.34. The number of hydrogen-bond donors (Lipinski definition) is 1. The number of hydrogen-bond acceptors (Lipinski definition) is 7. The van der Waals surface area contributed by atoms with E-state index in [-0.39, 0.29) is 23.1 Å². The van der Waals surface area contributed by atoms with E-state index < -0.39 is 10.0 Å². The number of thioether (sulfide) groups is 1. The number of sulfonamides is 1. The highest BCUT2D eigenvalue weighted by molar-refractivity contribution is 7.99. The van der Waals surface area contributed by atoms with Crippen LogP contribution < -0.4 is 14.4 Å². The number of ether oxygens (including phenoxy) is 1. The van der Waals surface area contributed by atoms with Gasteiger partial charge in [-0.2, -0.15) is 0 Å². The molecule has 188 valence electrons. The van der Waals surface area contributed by atoms with Gasteiger partial charge in [-0.25, -0.2) is 18.4 Å². The lowest BCUT2D eigenvalue weighted by atomic mass is 10.1. The molecule has 0 atom stereocenters. The highest BCUT2D eigenvalue weighted by atomic mass is 32.2. The molecule has 2 heterocycles. The zero-order valence-electron chi connectivity index (χ0n) is 20.2. The van der Waals surface area contributed by atoms with Crippen molar-refractivity contribution in [2.75, 3.05) is 22.5 Å². The second-order valence-electron chi connectivity index (χ2n) is 8.39. The van der Waals surface area contributed by atoms with E-state index in [9.17, 15) is 13.2 Å². The summed E-state index contributed by atoms with van der Waals surface area (Å²) in [6, 6.07) is 22.1. The Morgan fingerprint density at radius 3 is 2.65 bits per heavy atom. The molecule has 0 saturated heterocycles. The van der Waals surface area contributed by atoms with Gasteiger partial charge >= 0.3 is 0 Å². The standard InChI is InChI=1S/C27H24N4O4S2/c1-18-8-3-4-9-19(18)16-31-23-13-6-5-12-22(23)26-24(37(31,33)34)15-28-27(30-26)36-17-25(32)29-20-10-7-11-21(14-20)35-2/h3-15H,16-17H2,1-2H3,(H,29,32). The van der Waals surface area contributed by atoms with Gasteiger partial charge in [0.25, 0.3) is 10.0 Å². The van der Waals surface area contributed by atoms with Crippen LogP contribution in [0.3, 0.4) is 0 Å². The predicted octanol–water partition coefficient (Wildman–Crippen LogP) is 4.90. The zero-order valence-corrected chi connectivity index (χ0v) is 21.8. The van der Waals surface area contributed by atoms with E-state index in [0.29, 0.717) is 33.5 Å². The number of nitrogens with zero attached hydrogens (tertiary/aromatic N) is 3. The van der Waals surface area contributed by atoms with Crippen molar-refractivity contribution in [3.05, 3.63) is 90.1 Å². The third kappa shape index (κ3) is 5.03. The first-order valence-electron chi connectivity index (χ1n) is 11.5. The minimum atomic E-state index is -3.90. The smallest absolute Gasteiger partial charge is 0.268 e. The topological polar surface area (TPSA) is 101 Å². The van der Waals surface area contributed by atoms with Crippen molar-refractivity contribution in [1.82, 2.24) is 9.97 Å². The van der Waals surface area contributed by atoms with Crippen LogP contribution in [0, 0.1) is 6.92 Å². The Labute approximate surface area is 219 Å². The van der Waals surface area contributed by atoms with Crippen molar-refractivity contribution in [3.8, 4) is 17.0 Å². The Hall–Kier alpha value is -3.89. The highest BCUT2D eigenvalue weighted by Crippen LogP contribution is 2.43. The number of methoxy groups -OCH3 is 1. The number of carbonyl (C=O) groups is 1. The van der Waals surface area contributed by atoms with Crippen molar-refractivity contribution in [1.29, 1.82) is 0 Å². The normalized spacial score (nSPS) is 13.4. The molecule has 1 aliphatic heterocycles. The summed E-state index contributed by atoms with van der Waals surface area (Å²) in [7, 11) is -2.34. The molecule has 1 amide bonds. The molecule has 0 radical (unpaired) electrons. The summed E-state index contributed by atoms with van der Waals surface area (Å²) in [6.45, 7) is 2.16. The SMILES string of the molecule is COc1cccc(NC(=O)CSc2ncc3c(n2)-c2ccccc2N(Cc2ccccc2C)S3(=O)=O)c1. The van der Waals surface area contributed by atoms with Gasteiger partial charge in [-0.05, 0) is 36.2 Å². The summed E-state index contributed by atoms with van der Waals surface area (Å²) in [4.78, 5) is 21.4. The second kappa shape index (κ2) is 10.2. The van der Waals surface area contributed by atoms with E-state index in [1.54, 1.807) is 37.4 Å². The number of fused-ring (bicyclic) bond motifs is 3. The van der Waals surface area contributed by atoms with Crippen LogP contribution in [0.25, 0.3) is 11.3 Å². The molecule has 1 aromatic heterocycles. The Bertz CT molecular complexity index is 1590. The van der Waals surface area contributed by atoms with Gasteiger partial charge in [-0.1, -0.05) is 60.3 Å². The van der Waals surface area contributed by atoms with E-state index in [2.05, 4.69) is 15.3 Å². The van der Waals surface area contributed by atoms with E-state index in [4.69, 9.17) is 4.74 Å². The average molecular weight is 533 g/mol. The molecule has 5 rings (SSSR count). The number of amides is 1. The first-order valence-corrected chi connectivity index (χ1v) is 13.9. The largest absolute Gasteiger partial charge is 0.497 e. The molecular formula is C27H24N4O4S2. The molecule has 0 bridgehead atoms. The second-order valence-corrected chi connectivity index (χ2v) is 11.2. The van der Waals surface area contributed by atoms with E-state index in [0.717, 1.165) is 22.9 Å². The van der Waals surface area contributed by atoms with Crippen LogP contribution in [0.4, 0.5) is 11.4 Å². The molecule has 4 aromatic rings. The molecule has 1 N–H and O–H groups in total. The van der Waals surface area contributed by atoms with Crippen molar-refractivity contribution >= 4 is 39.1 Å². The van der Waals surface area contributed by atoms with Crippen LogP contribution >= 0.6 is 11.8 Å². The van der Waals surface area contributed by atoms with Gasteiger partial charge in [0.2, 0.25) is 5.91 Å². The van der Waals surface area contributed by atoms with Gasteiger partial charge < -0.3 is 10.1 Å². The Kier molecular flexibility index (Phi) is 6.86. The first-order chi connectivity index (χ1) is 17.9. The molecule has 0 spiro atoms. The number of carbonyl (C=O) groups excluding carboxylic acids is 1. The Morgan fingerprint density at radius 1 is 1.05 bits per heavy atom. The molecule has 3 aromatic carbocycles. The molecule has 37 heavy (non-hydrogen) atoms. The van der Waals surface area contributed by atoms with Gasteiger partial charge in [0.15, 0.2) is 5.16 Å². The van der Waals surface area contributed by atoms with Gasteiger partial charge in [-0.15, -0.1) is 0 Å². The third-order valence-electron chi connectivity index (χ3n) is 5.99. The Balaban J connectivity index is 1.40. The maximum Gasteiger partial charge on any atom is 0.268 e. The first kappa shape index (κ1) is 24.8. The van der Waals surface area contributed by atoms with E-state index >= 15 is 0 Å². The summed E-state index contributed by atoms with van der Waals surface area (Å²) < 4.78 is 33.9. The maximum absolute atomic E-state index is 13.7. The van der Waals surface area contributed by atoms with Gasteiger partial charge in [0.1, 0.15) is 10.6 Å². The number of benzene rings is 3. The van der Waals surface area contributed by atoms with Crippen molar-refractivity contribution in [2.24, 2.45) is 0 Å². The van der Waals surface area contributed by atoms with Crippen molar-refractivity contribution in [3.63, 3.8) is 0 Å². The minimum absolute atomic E-state index is 0.0463. The summed E-state index contributed by atoms with van der Waals surface area (Å²) in [5.74, 6) is 0.459. The number of para-hydroxylation sites is 1. The van der Waals surface area contributed by atoms with Gasteiger partial charge in [-0.3, -0.25) is 9.10 Å². The number of aryl methyl sites for hydroxylation is 1. The average Bonchev–Trinajstić information content (AvgIpc) is 2.91. The van der Waals surface area contributed by atoms with E-state index in [1.807, 2.05) is 49.4 Å². The number of nitrogens with one attached hydrogen (secondary N) is 1. The molecular weight excluding hydrogens is 508 g/mol. The molecule has 0 fully saturated rings. The summed E-state index contributed by atoms with van der Waals surface area (Å²) >= 11 is 1.14. The highest BCUT2D eigenvalue weighted by Gasteiger charge is 2.36. The summed E-state index contributed by atoms with van der Waals surface area (Å²) in [5.41, 5.74) is 4.14. The molecule has 1 aliphatic rings. The fourth-order valence-electron chi connectivity index (χ4n) is 4.09. The minimum Gasteiger partial charge on any atom is -0.497 e.